The maximum absolute atomic E-state index is 12.5. The van der Waals surface area contributed by atoms with Gasteiger partial charge in [0.2, 0.25) is 5.78 Å². The smallest absolute Gasteiger partial charge is 0.412 e. The van der Waals surface area contributed by atoms with E-state index in [0.29, 0.717) is 11.4 Å². The van der Waals surface area contributed by atoms with E-state index in [2.05, 4.69) is 26.4 Å². The Balaban J connectivity index is 1.52. The van der Waals surface area contributed by atoms with Gasteiger partial charge in [-0.3, -0.25) is 10.1 Å². The number of carbonyl (C=O) groups is 2. The quantitative estimate of drug-likeness (QED) is 0.530. The lowest BCUT2D eigenvalue weighted by Crippen LogP contribution is -2.46. The number of halogens is 1. The molecule has 2 aliphatic rings. The number of rotatable bonds is 4. The third-order valence-corrected chi connectivity index (χ3v) is 5.48. The molecule has 2 aliphatic heterocycles. The summed E-state index contributed by atoms with van der Waals surface area (Å²) in [5.41, 5.74) is 7.74. The van der Waals surface area contributed by atoms with Gasteiger partial charge in [-0.1, -0.05) is 39.3 Å². The van der Waals surface area contributed by atoms with Crippen molar-refractivity contribution >= 4 is 51.0 Å². The molecule has 1 amide bonds. The van der Waals surface area contributed by atoms with E-state index in [0.717, 1.165) is 15.6 Å². The molecule has 7 nitrogen and oxygen atoms in total. The van der Waals surface area contributed by atoms with Crippen molar-refractivity contribution in [3.8, 4) is 0 Å². The molecule has 2 atom stereocenters. The molecule has 2 unspecified atom stereocenters. The number of anilines is 2. The van der Waals surface area contributed by atoms with Crippen molar-refractivity contribution in [2.75, 3.05) is 11.1 Å². The summed E-state index contributed by atoms with van der Waals surface area (Å²) in [5.74, 6) is -0.261. The van der Waals surface area contributed by atoms with Crippen LogP contribution >= 0.6 is 15.9 Å². The zero-order chi connectivity index (χ0) is 20.6. The molecule has 3 N–H and O–H groups in total. The Morgan fingerprint density at radius 3 is 2.83 bits per heavy atom. The number of nitrogens with zero attached hydrogens (tertiary/aromatic N) is 1. The molecule has 0 saturated carbocycles. The van der Waals surface area contributed by atoms with Crippen molar-refractivity contribution in [1.29, 1.82) is 0 Å². The molecule has 0 saturated heterocycles. The Morgan fingerprint density at radius 2 is 2.07 bits per heavy atom. The molecule has 4 rings (SSSR count). The zero-order valence-corrected chi connectivity index (χ0v) is 17.1. The van der Waals surface area contributed by atoms with E-state index in [1.807, 2.05) is 24.3 Å². The summed E-state index contributed by atoms with van der Waals surface area (Å²) in [7, 11) is 0. The number of oxime groups is 1. The van der Waals surface area contributed by atoms with Crippen molar-refractivity contribution in [2.45, 2.75) is 25.0 Å². The minimum absolute atomic E-state index is 0.223. The first-order valence-electron chi connectivity index (χ1n) is 8.96. The fourth-order valence-electron chi connectivity index (χ4n) is 3.35. The summed E-state index contributed by atoms with van der Waals surface area (Å²) in [6.07, 6.45) is 2.16. The molecule has 0 fully saturated rings. The van der Waals surface area contributed by atoms with Crippen LogP contribution in [0.25, 0.3) is 6.08 Å². The molecule has 0 spiro atoms. The van der Waals surface area contributed by atoms with Crippen LogP contribution in [-0.4, -0.2) is 23.7 Å². The summed E-state index contributed by atoms with van der Waals surface area (Å²) < 4.78 is 6.43. The highest BCUT2D eigenvalue weighted by atomic mass is 79.9. The van der Waals surface area contributed by atoms with Gasteiger partial charge in [0.25, 0.3) is 0 Å². The first-order valence-corrected chi connectivity index (χ1v) is 9.75. The zero-order valence-electron chi connectivity index (χ0n) is 15.5. The van der Waals surface area contributed by atoms with Crippen LogP contribution in [0.2, 0.25) is 0 Å². The van der Waals surface area contributed by atoms with E-state index < -0.39 is 17.8 Å². The van der Waals surface area contributed by atoms with Gasteiger partial charge in [-0.2, -0.15) is 0 Å². The van der Waals surface area contributed by atoms with Crippen molar-refractivity contribution in [1.82, 2.24) is 0 Å². The molecule has 148 valence electrons. The third kappa shape index (κ3) is 3.75. The summed E-state index contributed by atoms with van der Waals surface area (Å²) in [6, 6.07) is 12.6. The maximum atomic E-state index is 12.5. The number of cyclic esters (lactones) is 1. The van der Waals surface area contributed by atoms with Gasteiger partial charge in [0.15, 0.2) is 11.7 Å². The second kappa shape index (κ2) is 7.36. The largest absolute Gasteiger partial charge is 0.434 e. The molecule has 0 radical (unpaired) electrons. The monoisotopic (exact) mass is 455 g/mol. The average Bonchev–Trinajstić information content (AvgIpc) is 3.19. The fourth-order valence-corrected chi connectivity index (χ4v) is 3.71. The van der Waals surface area contributed by atoms with Gasteiger partial charge < -0.3 is 15.3 Å². The fraction of sp³-hybridized carbons (Fsp3) is 0.190. The summed E-state index contributed by atoms with van der Waals surface area (Å²) in [6.45, 7) is 1.76. The molecular weight excluding hydrogens is 438 g/mol. The van der Waals surface area contributed by atoms with E-state index in [-0.39, 0.29) is 17.9 Å². The van der Waals surface area contributed by atoms with Crippen LogP contribution in [0.15, 0.2) is 58.2 Å². The number of ketones is 1. The lowest BCUT2D eigenvalue weighted by Gasteiger charge is -2.38. The van der Waals surface area contributed by atoms with E-state index in [4.69, 9.17) is 15.3 Å². The number of nitrogens with two attached hydrogens (primary N) is 1. The predicted molar refractivity (Wildman–Crippen MR) is 113 cm³/mol. The van der Waals surface area contributed by atoms with Crippen LogP contribution in [0.4, 0.5) is 16.2 Å². The number of allylic oxidation sites excluding steroid dienone is 1. The Bertz CT molecular complexity index is 1050. The number of nitrogen functional groups attached to an aromatic ring is 1. The molecule has 0 aliphatic carbocycles. The number of amides is 1. The molecule has 0 aromatic heterocycles. The van der Waals surface area contributed by atoms with Gasteiger partial charge in [0.05, 0.1) is 5.69 Å². The van der Waals surface area contributed by atoms with Crippen molar-refractivity contribution in [2.24, 2.45) is 5.16 Å². The van der Waals surface area contributed by atoms with Crippen molar-refractivity contribution in [3.63, 3.8) is 0 Å². The van der Waals surface area contributed by atoms with Crippen molar-refractivity contribution < 1.29 is 19.2 Å². The summed E-state index contributed by atoms with van der Waals surface area (Å²) >= 11 is 3.44. The van der Waals surface area contributed by atoms with Gasteiger partial charge in [0.1, 0.15) is 5.71 Å². The number of benzene rings is 2. The lowest BCUT2D eigenvalue weighted by atomic mass is 9.85. The SMILES string of the molecule is CC1(C2CC(C(=O)/C=C/c3ccc(N)cc3)=NO2)OC(=O)Nc2ccc(Br)cc21. The third-order valence-electron chi connectivity index (χ3n) is 4.99. The van der Waals surface area contributed by atoms with Crippen LogP contribution in [0.3, 0.4) is 0 Å². The number of nitrogens with one attached hydrogen (secondary N) is 1. The van der Waals surface area contributed by atoms with Gasteiger partial charge >= 0.3 is 6.09 Å². The second-order valence-electron chi connectivity index (χ2n) is 7.01. The highest BCUT2D eigenvalue weighted by Crippen LogP contribution is 2.43. The number of hydrogen-bond donors (Lipinski definition) is 2. The Kier molecular flexibility index (Phi) is 4.87. The minimum atomic E-state index is -1.09. The average molecular weight is 456 g/mol. The molecule has 2 aromatic carbocycles. The topological polar surface area (TPSA) is 103 Å². The van der Waals surface area contributed by atoms with E-state index in [9.17, 15) is 9.59 Å². The number of hydrogen-bond acceptors (Lipinski definition) is 6. The highest BCUT2D eigenvalue weighted by Gasteiger charge is 2.49. The van der Waals surface area contributed by atoms with Crippen LogP contribution in [-0.2, 0) is 20.0 Å². The lowest BCUT2D eigenvalue weighted by molar-refractivity contribution is -0.108. The van der Waals surface area contributed by atoms with Crippen LogP contribution in [0.1, 0.15) is 24.5 Å². The molecule has 2 heterocycles. The van der Waals surface area contributed by atoms with E-state index in [1.165, 1.54) is 6.08 Å². The van der Waals surface area contributed by atoms with Crippen LogP contribution in [0.5, 0.6) is 0 Å². The standard InChI is InChI=1S/C21H18BrN3O4/c1-21(15-10-13(22)5-8-16(15)24-20(27)28-21)19-11-17(25-29-19)18(26)9-4-12-2-6-14(23)7-3-12/h2-10,19H,11,23H2,1H3,(H,24,27)/b9-4+. The van der Waals surface area contributed by atoms with Gasteiger partial charge in [-0.15, -0.1) is 0 Å². The van der Waals surface area contributed by atoms with Crippen molar-refractivity contribution in [3.05, 3.63) is 64.1 Å². The summed E-state index contributed by atoms with van der Waals surface area (Å²) in [5, 5.41) is 6.64. The molecule has 29 heavy (non-hydrogen) atoms. The first-order chi connectivity index (χ1) is 13.8. The summed E-state index contributed by atoms with van der Waals surface area (Å²) in [4.78, 5) is 30.1. The van der Waals surface area contributed by atoms with E-state index >= 15 is 0 Å². The molecule has 2 aromatic rings. The molecule has 8 heteroatoms. The minimum Gasteiger partial charge on any atom is -0.434 e. The Labute approximate surface area is 175 Å². The maximum Gasteiger partial charge on any atom is 0.412 e. The van der Waals surface area contributed by atoms with Crippen LogP contribution in [0, 0.1) is 0 Å². The number of fused-ring (bicyclic) bond motifs is 1. The number of carbonyl (C=O) groups excluding carboxylic acids is 2. The Morgan fingerprint density at radius 1 is 1.31 bits per heavy atom. The highest BCUT2D eigenvalue weighted by molar-refractivity contribution is 9.10. The van der Waals surface area contributed by atoms with Gasteiger partial charge in [-0.05, 0) is 48.9 Å². The van der Waals surface area contributed by atoms with E-state index in [1.54, 1.807) is 31.2 Å². The second-order valence-corrected chi connectivity index (χ2v) is 7.93. The normalized spacial score (nSPS) is 23.0. The first kappa shape index (κ1) is 19.2. The van der Waals surface area contributed by atoms with Gasteiger partial charge in [0, 0.05) is 22.1 Å². The predicted octanol–water partition coefficient (Wildman–Crippen LogP) is 4.24. The van der Waals surface area contributed by atoms with Gasteiger partial charge in [-0.25, -0.2) is 4.79 Å². The van der Waals surface area contributed by atoms with Crippen LogP contribution < -0.4 is 11.1 Å². The number of ether oxygens (including phenoxy) is 1. The molecule has 0 bridgehead atoms. The Hall–Kier alpha value is -3.13. The molecular formula is C21H18BrN3O4.